The Hall–Kier alpha value is -3.47. The Morgan fingerprint density at radius 3 is 2.81 bits per heavy atom. The first-order chi connectivity index (χ1) is 10.0. The van der Waals surface area contributed by atoms with E-state index in [4.69, 9.17) is 15.1 Å². The second-order valence-corrected chi connectivity index (χ2v) is 3.85. The number of rotatable bonds is 4. The molecule has 0 spiro atoms. The summed E-state index contributed by atoms with van der Waals surface area (Å²) in [5, 5.41) is 28.5. The van der Waals surface area contributed by atoms with Gasteiger partial charge < -0.3 is 9.84 Å². The van der Waals surface area contributed by atoms with Crippen molar-refractivity contribution in [1.82, 2.24) is 4.98 Å². The summed E-state index contributed by atoms with van der Waals surface area (Å²) in [7, 11) is 0. The molecular weight excluding hydrogens is 278 g/mol. The Kier molecular flexibility index (Phi) is 3.76. The highest BCUT2D eigenvalue weighted by atomic mass is 16.6. The summed E-state index contributed by atoms with van der Waals surface area (Å²) in [4.78, 5) is 24.8. The van der Waals surface area contributed by atoms with Crippen LogP contribution < -0.4 is 4.74 Å². The maximum Gasteiger partial charge on any atom is 0.335 e. The van der Waals surface area contributed by atoms with Crippen molar-refractivity contribution < 1.29 is 19.6 Å². The molecule has 2 rings (SSSR count). The van der Waals surface area contributed by atoms with Crippen LogP contribution in [0.25, 0.3) is 0 Å². The van der Waals surface area contributed by atoms with Gasteiger partial charge in [0.1, 0.15) is 11.8 Å². The average molecular weight is 285 g/mol. The molecule has 0 saturated heterocycles. The summed E-state index contributed by atoms with van der Waals surface area (Å²) in [6.45, 7) is 0. The van der Waals surface area contributed by atoms with Crippen LogP contribution in [-0.2, 0) is 0 Å². The predicted molar refractivity (Wildman–Crippen MR) is 69.1 cm³/mol. The molecule has 0 aliphatic carbocycles. The first kappa shape index (κ1) is 14.0. The van der Waals surface area contributed by atoms with E-state index in [0.29, 0.717) is 0 Å². The molecule has 8 heteroatoms. The van der Waals surface area contributed by atoms with Crippen molar-refractivity contribution in [3.8, 4) is 17.7 Å². The largest absolute Gasteiger partial charge is 0.478 e. The Labute approximate surface area is 118 Å². The van der Waals surface area contributed by atoms with Crippen molar-refractivity contribution in [2.45, 2.75) is 0 Å². The van der Waals surface area contributed by atoms with Gasteiger partial charge >= 0.3 is 11.7 Å². The van der Waals surface area contributed by atoms with Gasteiger partial charge in [0.2, 0.25) is 0 Å². The lowest BCUT2D eigenvalue weighted by molar-refractivity contribution is -0.386. The lowest BCUT2D eigenvalue weighted by atomic mass is 10.2. The normalized spacial score (nSPS) is 9.67. The van der Waals surface area contributed by atoms with Crippen LogP contribution in [0.4, 0.5) is 5.69 Å². The zero-order valence-electron chi connectivity index (χ0n) is 10.4. The fourth-order valence-electron chi connectivity index (χ4n) is 1.52. The summed E-state index contributed by atoms with van der Waals surface area (Å²) in [6.07, 6.45) is 1.13. The molecule has 0 bridgehead atoms. The average Bonchev–Trinajstić information content (AvgIpc) is 2.47. The van der Waals surface area contributed by atoms with Crippen LogP contribution in [0.2, 0.25) is 0 Å². The SMILES string of the molecule is N#Cc1cnc(Oc2cccc(C(=O)O)c2)c([N+](=O)[O-])c1. The molecule has 0 aliphatic heterocycles. The van der Waals surface area contributed by atoms with Crippen molar-refractivity contribution in [2.75, 3.05) is 0 Å². The number of aromatic nitrogens is 1. The number of hydrogen-bond acceptors (Lipinski definition) is 6. The van der Waals surface area contributed by atoms with Crippen LogP contribution in [0.3, 0.4) is 0 Å². The summed E-state index contributed by atoms with van der Waals surface area (Å²) in [5.74, 6) is -1.38. The maximum absolute atomic E-state index is 10.9. The molecular formula is C13H7N3O5. The van der Waals surface area contributed by atoms with E-state index in [1.54, 1.807) is 6.07 Å². The third kappa shape index (κ3) is 3.10. The Morgan fingerprint density at radius 1 is 1.43 bits per heavy atom. The lowest BCUT2D eigenvalue weighted by Gasteiger charge is -2.06. The summed E-state index contributed by atoms with van der Waals surface area (Å²) < 4.78 is 5.24. The first-order valence-electron chi connectivity index (χ1n) is 5.57. The van der Waals surface area contributed by atoms with Crippen molar-refractivity contribution in [1.29, 1.82) is 5.26 Å². The first-order valence-corrected chi connectivity index (χ1v) is 5.57. The molecule has 0 unspecified atom stereocenters. The molecule has 0 radical (unpaired) electrons. The highest BCUT2D eigenvalue weighted by Crippen LogP contribution is 2.29. The minimum atomic E-state index is -1.15. The Morgan fingerprint density at radius 2 is 2.19 bits per heavy atom. The van der Waals surface area contributed by atoms with Crippen LogP contribution in [-0.4, -0.2) is 21.0 Å². The number of ether oxygens (including phenoxy) is 1. The second kappa shape index (κ2) is 5.66. The third-order valence-corrected chi connectivity index (χ3v) is 2.45. The van der Waals surface area contributed by atoms with Crippen molar-refractivity contribution >= 4 is 11.7 Å². The van der Waals surface area contributed by atoms with E-state index in [9.17, 15) is 14.9 Å². The van der Waals surface area contributed by atoms with Gasteiger partial charge in [-0.3, -0.25) is 10.1 Å². The number of pyridine rings is 1. The number of nitriles is 1. The van der Waals surface area contributed by atoms with Gasteiger partial charge in [-0.25, -0.2) is 9.78 Å². The summed E-state index contributed by atoms with van der Waals surface area (Å²) in [6, 6.07) is 8.22. The van der Waals surface area contributed by atoms with Gasteiger partial charge in [0.15, 0.2) is 0 Å². The van der Waals surface area contributed by atoms with Crippen molar-refractivity contribution in [3.05, 3.63) is 57.8 Å². The molecule has 2 aromatic rings. The highest BCUT2D eigenvalue weighted by Gasteiger charge is 2.19. The molecule has 0 atom stereocenters. The zero-order chi connectivity index (χ0) is 15.4. The molecule has 0 saturated carbocycles. The van der Waals surface area contributed by atoms with Gasteiger partial charge in [-0.15, -0.1) is 0 Å². The smallest absolute Gasteiger partial charge is 0.335 e. The zero-order valence-corrected chi connectivity index (χ0v) is 10.4. The monoisotopic (exact) mass is 285 g/mol. The highest BCUT2D eigenvalue weighted by molar-refractivity contribution is 5.88. The van der Waals surface area contributed by atoms with Gasteiger partial charge in [0, 0.05) is 12.3 Å². The summed E-state index contributed by atoms with van der Waals surface area (Å²) in [5.41, 5.74) is -0.480. The molecule has 1 aromatic heterocycles. The third-order valence-electron chi connectivity index (χ3n) is 2.45. The topological polar surface area (TPSA) is 126 Å². The van der Waals surface area contributed by atoms with E-state index in [0.717, 1.165) is 12.3 Å². The second-order valence-electron chi connectivity index (χ2n) is 3.85. The molecule has 8 nitrogen and oxygen atoms in total. The van der Waals surface area contributed by atoms with Crippen molar-refractivity contribution in [2.24, 2.45) is 0 Å². The number of benzene rings is 1. The van der Waals surface area contributed by atoms with E-state index in [-0.39, 0.29) is 22.8 Å². The van der Waals surface area contributed by atoms with Crippen LogP contribution >= 0.6 is 0 Å². The number of nitro groups is 1. The lowest BCUT2D eigenvalue weighted by Crippen LogP contribution is -1.99. The van der Waals surface area contributed by atoms with Gasteiger partial charge in [-0.1, -0.05) is 6.07 Å². The van der Waals surface area contributed by atoms with E-state index >= 15 is 0 Å². The molecule has 1 N–H and O–H groups in total. The predicted octanol–water partition coefficient (Wildman–Crippen LogP) is 2.35. The molecule has 1 aromatic carbocycles. The molecule has 1 heterocycles. The quantitative estimate of drug-likeness (QED) is 0.674. The van der Waals surface area contributed by atoms with E-state index in [1.165, 1.54) is 24.3 Å². The fraction of sp³-hybridized carbons (Fsp3) is 0. The molecule has 104 valence electrons. The number of carboxylic acids is 1. The van der Waals surface area contributed by atoms with E-state index in [2.05, 4.69) is 4.98 Å². The molecule has 21 heavy (non-hydrogen) atoms. The number of carboxylic acid groups (broad SMARTS) is 1. The van der Waals surface area contributed by atoms with E-state index in [1.807, 2.05) is 0 Å². The standard InChI is InChI=1S/C13H7N3O5/c14-6-8-4-11(16(19)20)12(15-7-8)21-10-3-1-2-9(5-10)13(17)18/h1-5,7H,(H,17,18). The van der Waals surface area contributed by atoms with E-state index < -0.39 is 16.6 Å². The van der Waals surface area contributed by atoms with Gasteiger partial charge in [0.05, 0.1) is 16.1 Å². The molecule has 0 aliphatic rings. The van der Waals surface area contributed by atoms with Gasteiger partial charge in [-0.05, 0) is 18.2 Å². The maximum atomic E-state index is 10.9. The van der Waals surface area contributed by atoms with Crippen LogP contribution in [0.5, 0.6) is 11.6 Å². The summed E-state index contributed by atoms with van der Waals surface area (Å²) >= 11 is 0. The van der Waals surface area contributed by atoms with Crippen molar-refractivity contribution in [3.63, 3.8) is 0 Å². The number of aromatic carboxylic acids is 1. The van der Waals surface area contributed by atoms with Gasteiger partial charge in [-0.2, -0.15) is 5.26 Å². The van der Waals surface area contributed by atoms with Gasteiger partial charge in [0.25, 0.3) is 5.88 Å². The number of hydrogen-bond donors (Lipinski definition) is 1. The van der Waals surface area contributed by atoms with Crippen LogP contribution in [0, 0.1) is 21.4 Å². The Balaban J connectivity index is 2.40. The molecule has 0 fully saturated rings. The molecule has 0 amide bonds. The minimum absolute atomic E-state index is 0.0216. The fourth-order valence-corrected chi connectivity index (χ4v) is 1.52. The van der Waals surface area contributed by atoms with Crippen LogP contribution in [0.1, 0.15) is 15.9 Å². The number of nitrogens with zero attached hydrogens (tertiary/aromatic N) is 3. The van der Waals surface area contributed by atoms with Crippen LogP contribution in [0.15, 0.2) is 36.5 Å². The minimum Gasteiger partial charge on any atom is -0.478 e. The number of carbonyl (C=O) groups is 1. The Bertz CT molecular complexity index is 767.